The first-order valence-corrected chi connectivity index (χ1v) is 4.54. The zero-order valence-corrected chi connectivity index (χ0v) is 9.98. The summed E-state index contributed by atoms with van der Waals surface area (Å²) in [5.74, 6) is -4.42. The van der Waals surface area contributed by atoms with Crippen LogP contribution in [0.3, 0.4) is 0 Å². The Morgan fingerprint density at radius 3 is 1.26 bits per heavy atom. The molecule has 0 radical (unpaired) electrons. The minimum absolute atomic E-state index is 0. The van der Waals surface area contributed by atoms with E-state index in [1.54, 1.807) is 0 Å². The number of rotatable bonds is 6. The summed E-state index contributed by atoms with van der Waals surface area (Å²) in [4.78, 5) is 39.5. The Balaban J connectivity index is -0.000000256. The van der Waals surface area contributed by atoms with Gasteiger partial charge in [-0.15, -0.1) is 0 Å². The second-order valence-corrected chi connectivity index (χ2v) is 3.16. The summed E-state index contributed by atoms with van der Waals surface area (Å²) >= 11 is 0. The van der Waals surface area contributed by atoms with Gasteiger partial charge in [0.1, 0.15) is 12.1 Å². The summed E-state index contributed by atoms with van der Waals surface area (Å²) in [6, 6.07) is -2.45. The van der Waals surface area contributed by atoms with Crippen LogP contribution in [0.15, 0.2) is 0 Å². The van der Waals surface area contributed by atoms with Gasteiger partial charge in [-0.25, -0.2) is 0 Å². The van der Waals surface area contributed by atoms with Crippen molar-refractivity contribution < 1.29 is 34.5 Å². The van der Waals surface area contributed by atoms with Crippen molar-refractivity contribution >= 4 is 23.8 Å². The summed E-state index contributed by atoms with van der Waals surface area (Å²) < 4.78 is 0. The van der Waals surface area contributed by atoms with E-state index in [-0.39, 0.29) is 12.6 Å². The van der Waals surface area contributed by atoms with E-state index in [0.717, 1.165) is 0 Å². The van der Waals surface area contributed by atoms with Crippen LogP contribution in [0.5, 0.6) is 0 Å². The summed E-state index contributed by atoms with van der Waals surface area (Å²) in [7, 11) is 0. The molecule has 11 heteroatoms. The van der Waals surface area contributed by atoms with E-state index in [0.29, 0.717) is 0 Å². The van der Waals surface area contributed by atoms with Crippen LogP contribution in [0, 0.1) is 0 Å². The predicted molar refractivity (Wildman–Crippen MR) is 62.3 cm³/mol. The molecule has 0 aliphatic rings. The van der Waals surface area contributed by atoms with Gasteiger partial charge >= 0.3 is 17.9 Å². The zero-order valence-electron chi connectivity index (χ0n) is 9.98. The standard InChI is InChI=1S/C4H8N2O3.C4H7NO4.H3N/c2*5-2(4(8)9)1-3(6)7;/h2H,1,5H2,(H2,6,7)(H,8,9);2H,1,5H2,(H,6,7)(H,8,9);1H3/t2*2-;/m00./s1. The van der Waals surface area contributed by atoms with Crippen molar-refractivity contribution in [1.29, 1.82) is 0 Å². The molecule has 0 aromatic rings. The molecular weight excluding hydrogens is 264 g/mol. The molecule has 0 heterocycles. The average molecular weight is 282 g/mol. The number of nitrogens with two attached hydrogens (primary N) is 3. The van der Waals surface area contributed by atoms with E-state index < -0.39 is 42.3 Å². The second-order valence-electron chi connectivity index (χ2n) is 3.16. The first kappa shape index (κ1) is 22.0. The molecule has 0 spiro atoms. The maximum atomic E-state index is 9.99. The van der Waals surface area contributed by atoms with Gasteiger partial charge in [-0.3, -0.25) is 19.2 Å². The average Bonchev–Trinajstić information content (AvgIpc) is 2.16. The van der Waals surface area contributed by atoms with Crippen LogP contribution in [0.4, 0.5) is 0 Å². The Labute approximate surface area is 107 Å². The second kappa shape index (κ2) is 10.9. The maximum Gasteiger partial charge on any atom is 0.321 e. The molecule has 11 nitrogen and oxygen atoms in total. The molecule has 19 heavy (non-hydrogen) atoms. The van der Waals surface area contributed by atoms with Gasteiger partial charge in [0.2, 0.25) is 5.91 Å². The van der Waals surface area contributed by atoms with E-state index >= 15 is 0 Å². The molecule has 0 saturated heterocycles. The molecular formula is C8H18N4O7. The van der Waals surface area contributed by atoms with Gasteiger partial charge in [0.15, 0.2) is 0 Å². The third-order valence-electron chi connectivity index (χ3n) is 1.45. The minimum Gasteiger partial charge on any atom is -0.481 e. The maximum absolute atomic E-state index is 9.99. The van der Waals surface area contributed by atoms with E-state index in [9.17, 15) is 19.2 Å². The fourth-order valence-corrected chi connectivity index (χ4v) is 0.579. The number of carboxylic acid groups (broad SMARTS) is 3. The third kappa shape index (κ3) is 15.8. The number of carbonyl (C=O) groups excluding carboxylic acids is 1. The highest BCUT2D eigenvalue weighted by Crippen LogP contribution is 1.86. The van der Waals surface area contributed by atoms with Gasteiger partial charge in [-0.1, -0.05) is 0 Å². The Morgan fingerprint density at radius 2 is 1.16 bits per heavy atom. The van der Waals surface area contributed by atoms with Crippen molar-refractivity contribution in [2.75, 3.05) is 0 Å². The van der Waals surface area contributed by atoms with E-state index in [1.165, 1.54) is 0 Å². The van der Waals surface area contributed by atoms with Gasteiger partial charge in [0, 0.05) is 0 Å². The predicted octanol–water partition coefficient (Wildman–Crippen LogP) is -2.69. The lowest BCUT2D eigenvalue weighted by Gasteiger charge is -1.99. The van der Waals surface area contributed by atoms with Crippen LogP contribution in [-0.4, -0.2) is 51.2 Å². The van der Waals surface area contributed by atoms with Crippen molar-refractivity contribution in [3.63, 3.8) is 0 Å². The number of hydrogen-bond donors (Lipinski definition) is 7. The van der Waals surface area contributed by atoms with Crippen molar-refractivity contribution in [1.82, 2.24) is 6.15 Å². The lowest BCUT2D eigenvalue weighted by atomic mass is 10.2. The number of aliphatic carboxylic acids is 3. The van der Waals surface area contributed by atoms with Crippen LogP contribution >= 0.6 is 0 Å². The molecule has 0 unspecified atom stereocenters. The Hall–Kier alpha value is -2.24. The summed E-state index contributed by atoms with van der Waals surface area (Å²) in [6.45, 7) is 0. The fourth-order valence-electron chi connectivity index (χ4n) is 0.579. The van der Waals surface area contributed by atoms with Gasteiger partial charge in [0.25, 0.3) is 0 Å². The lowest BCUT2D eigenvalue weighted by molar-refractivity contribution is -0.144. The lowest BCUT2D eigenvalue weighted by Crippen LogP contribution is -2.34. The first-order chi connectivity index (χ1) is 8.07. The fraction of sp³-hybridized carbons (Fsp3) is 0.500. The molecule has 0 aromatic carbocycles. The molecule has 0 bridgehead atoms. The topological polar surface area (TPSA) is 242 Å². The first-order valence-electron chi connectivity index (χ1n) is 4.54. The molecule has 0 fully saturated rings. The van der Waals surface area contributed by atoms with Crippen molar-refractivity contribution in [3.8, 4) is 0 Å². The van der Waals surface area contributed by atoms with Crippen LogP contribution in [0.25, 0.3) is 0 Å². The number of hydrogen-bond acceptors (Lipinski definition) is 7. The van der Waals surface area contributed by atoms with Crippen LogP contribution < -0.4 is 23.4 Å². The van der Waals surface area contributed by atoms with Crippen LogP contribution in [0.2, 0.25) is 0 Å². The zero-order chi connectivity index (χ0) is 14.9. The highest BCUT2D eigenvalue weighted by Gasteiger charge is 2.14. The van der Waals surface area contributed by atoms with Crippen molar-refractivity contribution in [2.45, 2.75) is 24.9 Å². The van der Waals surface area contributed by atoms with Gasteiger partial charge in [-0.2, -0.15) is 0 Å². The molecule has 0 rings (SSSR count). The Bertz CT molecular complexity index is 301. The van der Waals surface area contributed by atoms with E-state index in [1.807, 2.05) is 0 Å². The van der Waals surface area contributed by atoms with Crippen LogP contribution in [0.1, 0.15) is 12.8 Å². The van der Waals surface area contributed by atoms with Crippen molar-refractivity contribution in [3.05, 3.63) is 0 Å². The minimum atomic E-state index is -1.29. The van der Waals surface area contributed by atoms with Gasteiger partial charge in [0.05, 0.1) is 12.8 Å². The summed E-state index contributed by atoms with van der Waals surface area (Å²) in [5, 5.41) is 24.1. The molecule has 2 atom stereocenters. The molecule has 0 saturated carbocycles. The molecule has 0 aliphatic heterocycles. The van der Waals surface area contributed by atoms with Gasteiger partial charge in [-0.05, 0) is 0 Å². The number of amides is 1. The highest BCUT2D eigenvalue weighted by atomic mass is 16.4. The summed E-state index contributed by atoms with van der Waals surface area (Å²) in [6.07, 6.45) is -0.843. The van der Waals surface area contributed by atoms with E-state index in [2.05, 4.69) is 5.73 Å². The number of primary amides is 1. The third-order valence-corrected chi connectivity index (χ3v) is 1.45. The normalized spacial score (nSPS) is 11.9. The number of carbonyl (C=O) groups is 4. The van der Waals surface area contributed by atoms with Gasteiger partial charge < -0.3 is 38.7 Å². The molecule has 12 N–H and O–H groups in total. The van der Waals surface area contributed by atoms with Crippen LogP contribution in [-0.2, 0) is 19.2 Å². The van der Waals surface area contributed by atoms with E-state index in [4.69, 9.17) is 26.8 Å². The summed E-state index contributed by atoms with van der Waals surface area (Å²) in [5.41, 5.74) is 14.4. The Kier molecular flexibility index (Phi) is 12.6. The van der Waals surface area contributed by atoms with Crippen molar-refractivity contribution in [2.24, 2.45) is 17.2 Å². The highest BCUT2D eigenvalue weighted by molar-refractivity contribution is 5.83. The largest absolute Gasteiger partial charge is 0.481 e. The smallest absolute Gasteiger partial charge is 0.321 e. The molecule has 112 valence electrons. The molecule has 1 amide bonds. The monoisotopic (exact) mass is 282 g/mol. The molecule has 0 aliphatic carbocycles. The number of carboxylic acids is 3. The Morgan fingerprint density at radius 1 is 0.842 bits per heavy atom. The molecule has 0 aromatic heterocycles. The quantitative estimate of drug-likeness (QED) is 0.265. The SMILES string of the molecule is N.NC(=O)C[C@H](N)C(=O)O.N[C@@H](CC(=O)O)C(=O)O.